The van der Waals surface area contributed by atoms with E-state index in [1.54, 1.807) is 17.7 Å². The van der Waals surface area contributed by atoms with Crippen molar-refractivity contribution >= 4 is 52.1 Å². The highest BCUT2D eigenvalue weighted by Gasteiger charge is 2.43. The molecular formula is C29H23N3O7. The van der Waals surface area contributed by atoms with E-state index in [2.05, 4.69) is 0 Å². The second-order valence-corrected chi connectivity index (χ2v) is 8.87. The summed E-state index contributed by atoms with van der Waals surface area (Å²) in [5.41, 5.74) is 1.74. The minimum atomic E-state index is -1.13. The molecule has 0 saturated carbocycles. The Morgan fingerprint density at radius 3 is 2.00 bits per heavy atom. The Kier molecular flexibility index (Phi) is 6.37. The number of hydrazine groups is 1. The van der Waals surface area contributed by atoms with Crippen LogP contribution in [-0.2, 0) is 19.1 Å². The van der Waals surface area contributed by atoms with Gasteiger partial charge in [0.15, 0.2) is 0 Å². The lowest BCUT2D eigenvalue weighted by molar-refractivity contribution is -0.143. The zero-order chi connectivity index (χ0) is 27.8. The molecule has 1 atom stereocenters. The lowest BCUT2D eigenvalue weighted by Gasteiger charge is -2.27. The van der Waals surface area contributed by atoms with Gasteiger partial charge in [0, 0.05) is 22.7 Å². The highest BCUT2D eigenvalue weighted by Crippen LogP contribution is 2.35. The van der Waals surface area contributed by atoms with Crippen LogP contribution in [0.15, 0.2) is 84.6 Å². The van der Waals surface area contributed by atoms with Crippen molar-refractivity contribution in [3.8, 4) is 5.75 Å². The third-order valence-corrected chi connectivity index (χ3v) is 6.53. The number of benzene rings is 3. The number of carboxylic acids is 1. The van der Waals surface area contributed by atoms with Crippen LogP contribution in [0.5, 0.6) is 5.75 Å². The van der Waals surface area contributed by atoms with E-state index in [-0.39, 0.29) is 22.6 Å². The summed E-state index contributed by atoms with van der Waals surface area (Å²) in [6, 6.07) is 18.0. The van der Waals surface area contributed by atoms with Gasteiger partial charge in [-0.3, -0.25) is 9.59 Å². The van der Waals surface area contributed by atoms with Crippen LogP contribution < -0.4 is 10.0 Å². The summed E-state index contributed by atoms with van der Waals surface area (Å²) in [6.07, 6.45) is 3.17. The number of carbonyl (C=O) groups is 4. The number of rotatable bonds is 6. The fourth-order valence-corrected chi connectivity index (χ4v) is 4.54. The molecule has 2 N–H and O–H groups in total. The molecule has 3 aromatic carbocycles. The fourth-order valence-electron chi connectivity index (χ4n) is 4.54. The van der Waals surface area contributed by atoms with Crippen molar-refractivity contribution in [3.63, 3.8) is 0 Å². The lowest BCUT2D eigenvalue weighted by Crippen LogP contribution is -2.41. The number of carbonyl (C=O) groups excluding carboxylic acids is 3. The summed E-state index contributed by atoms with van der Waals surface area (Å²) in [6.45, 7) is 1.69. The Hall–Kier alpha value is -5.38. The SMILES string of the molecule is COC(=O)C(C)n1cc(/C=C2\C(=O)N(c3ccc(O)cc3)N(c3ccc(C(=O)O)cc3)C2=O)c2ccccc21. The molecule has 0 spiro atoms. The molecule has 1 saturated heterocycles. The van der Waals surface area contributed by atoms with Gasteiger partial charge >= 0.3 is 11.9 Å². The van der Waals surface area contributed by atoms with Crippen LogP contribution in [0.25, 0.3) is 17.0 Å². The quantitative estimate of drug-likeness (QED) is 0.220. The number of para-hydroxylation sites is 1. The standard InChI is InChI=1S/C29H23N3O7/c1-17(29(38)39-2)30-16-19(23-5-3-4-6-25(23)30)15-24-26(34)31(20-9-7-18(8-10-20)28(36)37)32(27(24)35)21-11-13-22(33)14-12-21/h3-17,33H,1-2H3,(H,36,37)/b24-15-. The van der Waals surface area contributed by atoms with Crippen molar-refractivity contribution in [2.24, 2.45) is 0 Å². The minimum absolute atomic E-state index is 0.0163. The van der Waals surface area contributed by atoms with E-state index in [1.165, 1.54) is 66.7 Å². The Morgan fingerprint density at radius 1 is 0.872 bits per heavy atom. The first-order valence-electron chi connectivity index (χ1n) is 11.9. The first-order valence-corrected chi connectivity index (χ1v) is 11.9. The van der Waals surface area contributed by atoms with E-state index < -0.39 is 29.8 Å². The molecule has 10 heteroatoms. The molecule has 39 heavy (non-hydrogen) atoms. The van der Waals surface area contributed by atoms with Gasteiger partial charge in [-0.15, -0.1) is 0 Å². The number of phenolic OH excluding ortho intramolecular Hbond substituents is 1. The van der Waals surface area contributed by atoms with Crippen LogP contribution in [0.2, 0.25) is 0 Å². The van der Waals surface area contributed by atoms with E-state index in [9.17, 15) is 29.4 Å². The van der Waals surface area contributed by atoms with Gasteiger partial charge in [-0.05, 0) is 67.6 Å². The summed E-state index contributed by atoms with van der Waals surface area (Å²) in [5.74, 6) is -2.84. The maximum Gasteiger partial charge on any atom is 0.335 e. The van der Waals surface area contributed by atoms with Crippen LogP contribution in [0.4, 0.5) is 11.4 Å². The van der Waals surface area contributed by atoms with E-state index in [0.717, 1.165) is 15.9 Å². The molecule has 2 amide bonds. The van der Waals surface area contributed by atoms with Crippen LogP contribution in [0.1, 0.15) is 28.9 Å². The van der Waals surface area contributed by atoms with Gasteiger partial charge in [0.1, 0.15) is 17.4 Å². The van der Waals surface area contributed by atoms with Crippen LogP contribution >= 0.6 is 0 Å². The largest absolute Gasteiger partial charge is 0.508 e. The molecule has 0 bridgehead atoms. The number of anilines is 2. The molecule has 5 rings (SSSR count). The first-order chi connectivity index (χ1) is 18.7. The molecule has 4 aromatic rings. The number of methoxy groups -OCH3 is 1. The van der Waals surface area contributed by atoms with E-state index in [1.807, 2.05) is 24.3 Å². The average Bonchev–Trinajstić information content (AvgIpc) is 3.43. The predicted octanol–water partition coefficient (Wildman–Crippen LogP) is 4.16. The molecule has 10 nitrogen and oxygen atoms in total. The molecule has 2 heterocycles. The number of aromatic hydroxyl groups is 1. The number of carboxylic acid groups (broad SMARTS) is 1. The van der Waals surface area contributed by atoms with Crippen molar-refractivity contribution in [2.45, 2.75) is 13.0 Å². The molecular weight excluding hydrogens is 502 g/mol. The molecule has 1 aromatic heterocycles. The summed E-state index contributed by atoms with van der Waals surface area (Å²) in [4.78, 5) is 51.1. The average molecular weight is 526 g/mol. The van der Waals surface area contributed by atoms with Crippen molar-refractivity contribution in [3.05, 3.63) is 95.7 Å². The maximum atomic E-state index is 13.8. The van der Waals surface area contributed by atoms with Gasteiger partial charge in [-0.1, -0.05) is 18.2 Å². The van der Waals surface area contributed by atoms with E-state index >= 15 is 0 Å². The topological polar surface area (TPSA) is 129 Å². The van der Waals surface area contributed by atoms with Crippen LogP contribution in [0, 0.1) is 0 Å². The number of nitrogens with zero attached hydrogens (tertiary/aromatic N) is 3. The Balaban J connectivity index is 1.65. The molecule has 0 radical (unpaired) electrons. The van der Waals surface area contributed by atoms with Gasteiger partial charge < -0.3 is 19.5 Å². The van der Waals surface area contributed by atoms with Gasteiger partial charge in [0.2, 0.25) is 0 Å². The highest BCUT2D eigenvalue weighted by atomic mass is 16.5. The summed E-state index contributed by atoms with van der Waals surface area (Å²) >= 11 is 0. The monoisotopic (exact) mass is 525 g/mol. The zero-order valence-corrected chi connectivity index (χ0v) is 20.9. The van der Waals surface area contributed by atoms with Crippen molar-refractivity contribution in [1.82, 2.24) is 4.57 Å². The first kappa shape index (κ1) is 25.3. The number of aromatic carboxylic acids is 1. The smallest absolute Gasteiger partial charge is 0.335 e. The number of amides is 2. The predicted molar refractivity (Wildman–Crippen MR) is 143 cm³/mol. The number of phenols is 1. The fraction of sp³-hybridized carbons (Fsp3) is 0.103. The number of fused-ring (bicyclic) bond motifs is 1. The van der Waals surface area contributed by atoms with Crippen LogP contribution in [-0.4, -0.2) is 45.6 Å². The van der Waals surface area contributed by atoms with Gasteiger partial charge in [-0.2, -0.15) is 0 Å². The Morgan fingerprint density at radius 2 is 1.44 bits per heavy atom. The van der Waals surface area contributed by atoms with Crippen molar-refractivity contribution in [2.75, 3.05) is 17.1 Å². The highest BCUT2D eigenvalue weighted by molar-refractivity contribution is 6.38. The summed E-state index contributed by atoms with van der Waals surface area (Å²) in [7, 11) is 1.30. The molecule has 0 aliphatic carbocycles. The number of ether oxygens (including phenoxy) is 1. The number of aromatic nitrogens is 1. The second-order valence-electron chi connectivity index (χ2n) is 8.87. The van der Waals surface area contributed by atoms with Crippen LogP contribution in [0.3, 0.4) is 0 Å². The number of hydrogen-bond donors (Lipinski definition) is 2. The van der Waals surface area contributed by atoms with Crippen molar-refractivity contribution < 1.29 is 34.1 Å². The summed E-state index contributed by atoms with van der Waals surface area (Å²) < 4.78 is 6.62. The minimum Gasteiger partial charge on any atom is -0.508 e. The molecule has 1 aliphatic rings. The molecule has 196 valence electrons. The third-order valence-electron chi connectivity index (χ3n) is 6.53. The molecule has 1 aliphatic heterocycles. The third kappa shape index (κ3) is 4.37. The lowest BCUT2D eigenvalue weighted by atomic mass is 10.1. The van der Waals surface area contributed by atoms with Crippen molar-refractivity contribution in [1.29, 1.82) is 0 Å². The zero-order valence-electron chi connectivity index (χ0n) is 20.9. The Labute approximate surface area is 222 Å². The van der Waals surface area contributed by atoms with Gasteiger partial charge in [-0.25, -0.2) is 19.6 Å². The molecule has 1 unspecified atom stereocenters. The number of esters is 1. The van der Waals surface area contributed by atoms with Gasteiger partial charge in [0.25, 0.3) is 11.8 Å². The maximum absolute atomic E-state index is 13.8. The normalized spacial score (nSPS) is 15.3. The Bertz CT molecular complexity index is 1650. The summed E-state index contributed by atoms with van der Waals surface area (Å²) in [5, 5.41) is 22.1. The number of hydrogen-bond acceptors (Lipinski definition) is 6. The second kappa shape index (κ2) is 9.82. The van der Waals surface area contributed by atoms with E-state index in [0.29, 0.717) is 11.3 Å². The van der Waals surface area contributed by atoms with E-state index in [4.69, 9.17) is 4.74 Å². The van der Waals surface area contributed by atoms with Gasteiger partial charge in [0.05, 0.1) is 24.0 Å². The molecule has 1 fully saturated rings.